The largest absolute Gasteiger partial charge is 0.280 e. The maximum Gasteiger partial charge on any atom is 0.0653 e. The summed E-state index contributed by atoms with van der Waals surface area (Å²) in [5.41, 5.74) is 3.57. The molecule has 1 aromatic rings. The minimum absolute atomic E-state index is 0.817. The molecule has 54 valence electrons. The molecule has 0 bridgehead atoms. The highest BCUT2D eigenvalue weighted by atomic mass is 14.8. The molecule has 0 radical (unpaired) electrons. The zero-order valence-corrected chi connectivity index (χ0v) is 6.25. The zero-order chi connectivity index (χ0) is 7.68. The van der Waals surface area contributed by atoms with Crippen molar-refractivity contribution in [1.29, 1.82) is 0 Å². The molecule has 0 N–H and O–H groups in total. The highest BCUT2D eigenvalue weighted by Gasteiger charge is 2.10. The monoisotopic (exact) mass is 143 g/mol. The van der Waals surface area contributed by atoms with Crippen LogP contribution in [0, 0.1) is 0 Å². The number of allylic oxidation sites excluding steroid dienone is 1. The van der Waals surface area contributed by atoms with Gasteiger partial charge in [0, 0.05) is 5.56 Å². The van der Waals surface area contributed by atoms with Crippen molar-refractivity contribution in [2.24, 2.45) is 4.99 Å². The Labute approximate surface area is 66.1 Å². The van der Waals surface area contributed by atoms with E-state index in [0.717, 1.165) is 12.3 Å². The van der Waals surface area contributed by atoms with Crippen LogP contribution in [-0.4, -0.2) is 5.71 Å². The lowest BCUT2D eigenvalue weighted by Crippen LogP contribution is -1.91. The Hall–Kier alpha value is -1.37. The number of hydrogen-bond donors (Lipinski definition) is 0. The van der Waals surface area contributed by atoms with Gasteiger partial charge in [-0.1, -0.05) is 30.8 Å². The summed E-state index contributed by atoms with van der Waals surface area (Å²) in [6.07, 6.45) is 1.81. The van der Waals surface area contributed by atoms with Crippen molar-refractivity contribution >= 4 is 5.71 Å². The summed E-state index contributed by atoms with van der Waals surface area (Å²) < 4.78 is 0. The van der Waals surface area contributed by atoms with Crippen LogP contribution in [0.4, 0.5) is 0 Å². The van der Waals surface area contributed by atoms with Gasteiger partial charge in [0.25, 0.3) is 0 Å². The lowest BCUT2D eigenvalue weighted by Gasteiger charge is -1.95. The molecule has 0 fully saturated rings. The van der Waals surface area contributed by atoms with Crippen molar-refractivity contribution in [3.8, 4) is 0 Å². The average Bonchev–Trinajstić information content (AvgIpc) is 2.47. The number of aliphatic imine (C=N–C) groups is 1. The molecule has 2 rings (SSSR count). The van der Waals surface area contributed by atoms with Crippen LogP contribution in [-0.2, 0) is 6.54 Å². The number of rotatable bonds is 1. The summed E-state index contributed by atoms with van der Waals surface area (Å²) in [6.45, 7) is 4.53. The summed E-state index contributed by atoms with van der Waals surface area (Å²) in [7, 11) is 0. The van der Waals surface area contributed by atoms with E-state index in [1.807, 2.05) is 18.2 Å². The van der Waals surface area contributed by atoms with Crippen LogP contribution < -0.4 is 0 Å². The number of benzene rings is 1. The molecule has 0 atom stereocenters. The normalized spacial score (nSPS) is 14.0. The molecule has 0 spiro atoms. The molecule has 1 aliphatic heterocycles. The third-order valence-electron chi connectivity index (χ3n) is 1.91. The van der Waals surface area contributed by atoms with Crippen LogP contribution >= 0.6 is 0 Å². The van der Waals surface area contributed by atoms with Crippen LogP contribution in [0.1, 0.15) is 11.1 Å². The number of fused-ring (bicyclic) bond motifs is 1. The van der Waals surface area contributed by atoms with Crippen molar-refractivity contribution in [2.45, 2.75) is 6.54 Å². The van der Waals surface area contributed by atoms with E-state index in [2.05, 4.69) is 23.7 Å². The Bertz CT molecular complexity index is 323. The molecular weight excluding hydrogens is 134 g/mol. The molecule has 1 heteroatoms. The first-order valence-electron chi connectivity index (χ1n) is 3.67. The molecule has 11 heavy (non-hydrogen) atoms. The number of nitrogens with zero attached hydrogens (tertiary/aromatic N) is 1. The molecule has 0 amide bonds. The number of hydrogen-bond acceptors (Lipinski definition) is 1. The minimum atomic E-state index is 0.817. The molecule has 0 aliphatic carbocycles. The Morgan fingerprint density at radius 2 is 2.18 bits per heavy atom. The fourth-order valence-electron chi connectivity index (χ4n) is 1.34. The Morgan fingerprint density at radius 3 is 3.00 bits per heavy atom. The Morgan fingerprint density at radius 1 is 1.36 bits per heavy atom. The smallest absolute Gasteiger partial charge is 0.0653 e. The molecule has 0 saturated heterocycles. The fraction of sp³-hybridized carbons (Fsp3) is 0.100. The topological polar surface area (TPSA) is 12.4 Å². The van der Waals surface area contributed by atoms with E-state index in [4.69, 9.17) is 0 Å². The van der Waals surface area contributed by atoms with Gasteiger partial charge in [0.2, 0.25) is 0 Å². The summed E-state index contributed by atoms with van der Waals surface area (Å²) in [5, 5.41) is 0. The van der Waals surface area contributed by atoms with E-state index >= 15 is 0 Å². The van der Waals surface area contributed by atoms with E-state index in [9.17, 15) is 0 Å². The lowest BCUT2D eigenvalue weighted by molar-refractivity contribution is 1.11. The van der Waals surface area contributed by atoms with Crippen molar-refractivity contribution in [2.75, 3.05) is 0 Å². The van der Waals surface area contributed by atoms with Gasteiger partial charge in [0.15, 0.2) is 0 Å². The second-order valence-electron chi connectivity index (χ2n) is 2.56. The highest BCUT2D eigenvalue weighted by Crippen LogP contribution is 2.18. The molecule has 0 saturated carbocycles. The Kier molecular flexibility index (Phi) is 1.35. The standard InChI is InChI=1S/C10H9N/c1-2-10-9-6-4-3-5-8(9)7-11-10/h2-6H,1,7H2. The van der Waals surface area contributed by atoms with Gasteiger partial charge in [-0.15, -0.1) is 0 Å². The molecule has 0 unspecified atom stereocenters. The second kappa shape index (κ2) is 2.35. The van der Waals surface area contributed by atoms with Crippen LogP contribution in [0.5, 0.6) is 0 Å². The van der Waals surface area contributed by atoms with E-state index in [1.54, 1.807) is 0 Å². The van der Waals surface area contributed by atoms with Crippen LogP contribution in [0.2, 0.25) is 0 Å². The van der Waals surface area contributed by atoms with E-state index < -0.39 is 0 Å². The molecule has 1 aliphatic rings. The van der Waals surface area contributed by atoms with E-state index in [1.165, 1.54) is 11.1 Å². The first kappa shape index (κ1) is 6.35. The van der Waals surface area contributed by atoms with Gasteiger partial charge in [-0.2, -0.15) is 0 Å². The summed E-state index contributed by atoms with van der Waals surface area (Å²) in [6, 6.07) is 8.27. The van der Waals surface area contributed by atoms with Gasteiger partial charge in [-0.25, -0.2) is 0 Å². The van der Waals surface area contributed by atoms with Crippen LogP contribution in [0.25, 0.3) is 0 Å². The van der Waals surface area contributed by atoms with Gasteiger partial charge < -0.3 is 0 Å². The quantitative estimate of drug-likeness (QED) is 0.571. The SMILES string of the molecule is C=CC1=NCc2ccccc21. The van der Waals surface area contributed by atoms with E-state index in [-0.39, 0.29) is 0 Å². The van der Waals surface area contributed by atoms with Crippen molar-refractivity contribution < 1.29 is 0 Å². The Balaban J connectivity index is 2.56. The first-order valence-corrected chi connectivity index (χ1v) is 3.67. The highest BCUT2D eigenvalue weighted by molar-refractivity contribution is 6.10. The lowest BCUT2D eigenvalue weighted by atomic mass is 10.1. The molecule has 0 aromatic heterocycles. The van der Waals surface area contributed by atoms with Gasteiger partial charge >= 0.3 is 0 Å². The zero-order valence-electron chi connectivity index (χ0n) is 6.25. The maximum atomic E-state index is 4.32. The predicted octanol–water partition coefficient (Wildman–Crippen LogP) is 2.18. The predicted molar refractivity (Wildman–Crippen MR) is 46.9 cm³/mol. The van der Waals surface area contributed by atoms with Gasteiger partial charge in [0.1, 0.15) is 0 Å². The first-order chi connectivity index (χ1) is 5.42. The maximum absolute atomic E-state index is 4.32. The fourth-order valence-corrected chi connectivity index (χ4v) is 1.34. The van der Waals surface area contributed by atoms with Gasteiger partial charge in [-0.05, 0) is 11.6 Å². The van der Waals surface area contributed by atoms with Crippen molar-refractivity contribution in [1.82, 2.24) is 0 Å². The minimum Gasteiger partial charge on any atom is -0.280 e. The third-order valence-corrected chi connectivity index (χ3v) is 1.91. The summed E-state index contributed by atoms with van der Waals surface area (Å²) in [5.74, 6) is 0. The van der Waals surface area contributed by atoms with Crippen LogP contribution in [0.3, 0.4) is 0 Å². The van der Waals surface area contributed by atoms with Gasteiger partial charge in [0.05, 0.1) is 12.3 Å². The second-order valence-corrected chi connectivity index (χ2v) is 2.56. The van der Waals surface area contributed by atoms with Crippen molar-refractivity contribution in [3.05, 3.63) is 48.0 Å². The third kappa shape index (κ3) is 0.891. The molecule has 1 heterocycles. The average molecular weight is 143 g/mol. The van der Waals surface area contributed by atoms with Crippen LogP contribution in [0.15, 0.2) is 41.9 Å². The van der Waals surface area contributed by atoms with Crippen molar-refractivity contribution in [3.63, 3.8) is 0 Å². The summed E-state index contributed by atoms with van der Waals surface area (Å²) >= 11 is 0. The van der Waals surface area contributed by atoms with Gasteiger partial charge in [-0.3, -0.25) is 4.99 Å². The molecule has 1 nitrogen and oxygen atoms in total. The van der Waals surface area contributed by atoms with E-state index in [0.29, 0.717) is 0 Å². The molecular formula is C10H9N. The summed E-state index contributed by atoms with van der Waals surface area (Å²) in [4.78, 5) is 4.32. The molecule has 1 aromatic carbocycles.